The molecule has 120 valence electrons. The molecular weight excluding hydrogens is 350 g/mol. The molecule has 0 saturated carbocycles. The molecule has 9 heteroatoms. The molecule has 0 spiro atoms. The Labute approximate surface area is 144 Å². The van der Waals surface area contributed by atoms with Gasteiger partial charge in [-0.05, 0) is 24.3 Å². The molecule has 0 aliphatic heterocycles. The van der Waals surface area contributed by atoms with Gasteiger partial charge in [0.2, 0.25) is 0 Å². The van der Waals surface area contributed by atoms with Gasteiger partial charge in [-0.1, -0.05) is 11.3 Å². The number of carbonyl (C=O) groups excluding carboxylic acids is 2. The second-order valence-corrected chi connectivity index (χ2v) is 6.48. The summed E-state index contributed by atoms with van der Waals surface area (Å²) in [5.41, 5.74) is 0.379. The molecule has 24 heavy (non-hydrogen) atoms. The third-order valence-electron chi connectivity index (χ3n) is 2.92. The van der Waals surface area contributed by atoms with Gasteiger partial charge in [0.25, 0.3) is 5.91 Å². The van der Waals surface area contributed by atoms with Gasteiger partial charge < -0.3 is 9.15 Å². The zero-order valence-electron chi connectivity index (χ0n) is 12.2. The molecule has 0 aliphatic rings. The number of aromatic nitrogens is 1. The molecule has 0 saturated heterocycles. The molecule has 3 aromatic rings. The van der Waals surface area contributed by atoms with E-state index in [1.54, 1.807) is 12.1 Å². The predicted molar refractivity (Wildman–Crippen MR) is 88.1 cm³/mol. The molecule has 0 atom stereocenters. The number of methoxy groups -OCH3 is 1. The molecule has 3 aromatic heterocycles. The normalized spacial score (nSPS) is 10.2. The number of ether oxygens (including phenoxy) is 1. The van der Waals surface area contributed by atoms with E-state index in [-0.39, 0.29) is 5.13 Å². The van der Waals surface area contributed by atoms with E-state index in [0.717, 1.165) is 22.7 Å². The minimum absolute atomic E-state index is 0.274. The van der Waals surface area contributed by atoms with Crippen molar-refractivity contribution in [1.82, 2.24) is 4.98 Å². The van der Waals surface area contributed by atoms with Crippen LogP contribution in [0.2, 0.25) is 0 Å². The minimum Gasteiger partial charge on any atom is -0.465 e. The molecule has 0 bridgehead atoms. The highest BCUT2D eigenvalue weighted by Gasteiger charge is 2.19. The van der Waals surface area contributed by atoms with Gasteiger partial charge in [0, 0.05) is 0 Å². The number of thiophene rings is 1. The summed E-state index contributed by atoms with van der Waals surface area (Å²) in [6.45, 7) is 0. The van der Waals surface area contributed by atoms with E-state index in [4.69, 9.17) is 4.42 Å². The molecule has 0 fully saturated rings. The molecule has 3 rings (SSSR count). The Morgan fingerprint density at radius 3 is 2.75 bits per heavy atom. The lowest BCUT2D eigenvalue weighted by molar-refractivity contribution is 0.0606. The molecule has 0 unspecified atom stereocenters. The topological polar surface area (TPSA) is 105 Å². The third-order valence-corrected chi connectivity index (χ3v) is 4.86. The van der Waals surface area contributed by atoms with Crippen LogP contribution < -0.4 is 5.32 Å². The highest BCUT2D eigenvalue weighted by molar-refractivity contribution is 7.17. The maximum absolute atomic E-state index is 12.2. The number of carbonyl (C=O) groups is 2. The summed E-state index contributed by atoms with van der Waals surface area (Å²) in [4.78, 5) is 28.9. The lowest BCUT2D eigenvalue weighted by Gasteiger charge is -1.97. The minimum atomic E-state index is -0.500. The van der Waals surface area contributed by atoms with E-state index in [2.05, 4.69) is 15.0 Å². The third kappa shape index (κ3) is 3.05. The van der Waals surface area contributed by atoms with Crippen molar-refractivity contribution in [3.63, 3.8) is 0 Å². The molecule has 1 amide bonds. The molecular formula is C15H9N3O4S2. The number of amides is 1. The van der Waals surface area contributed by atoms with Crippen LogP contribution in [-0.2, 0) is 4.74 Å². The molecule has 0 aromatic carbocycles. The smallest absolute Gasteiger partial charge is 0.348 e. The molecule has 3 heterocycles. The Balaban J connectivity index is 1.81. The van der Waals surface area contributed by atoms with Gasteiger partial charge in [-0.2, -0.15) is 5.26 Å². The highest BCUT2D eigenvalue weighted by atomic mass is 32.1. The van der Waals surface area contributed by atoms with Gasteiger partial charge in [-0.3, -0.25) is 10.1 Å². The largest absolute Gasteiger partial charge is 0.465 e. The molecule has 7 nitrogen and oxygen atoms in total. The molecule has 1 N–H and O–H groups in total. The van der Waals surface area contributed by atoms with Crippen molar-refractivity contribution in [1.29, 1.82) is 5.26 Å². The SMILES string of the molecule is COC(=O)c1ccc(C(=O)Nc2nc(-c3ccco3)c(C#N)s2)s1. The summed E-state index contributed by atoms with van der Waals surface area (Å²) in [5.74, 6) is -0.466. The summed E-state index contributed by atoms with van der Waals surface area (Å²) >= 11 is 2.06. The molecule has 0 aliphatic carbocycles. The van der Waals surface area contributed by atoms with Crippen LogP contribution in [0.15, 0.2) is 34.9 Å². The fraction of sp³-hybridized carbons (Fsp3) is 0.0667. The van der Waals surface area contributed by atoms with Crippen molar-refractivity contribution in [3.8, 4) is 17.5 Å². The number of nitrogens with one attached hydrogen (secondary N) is 1. The standard InChI is InChI=1S/C15H9N3O4S2/c1-21-14(20)10-5-4-9(23-10)13(19)18-15-17-12(11(7-16)24-15)8-3-2-6-22-8/h2-6H,1H3,(H,17,18,19). The van der Waals surface area contributed by atoms with E-state index in [1.165, 1.54) is 25.5 Å². The van der Waals surface area contributed by atoms with Crippen LogP contribution in [0.25, 0.3) is 11.5 Å². The average molecular weight is 359 g/mol. The maximum Gasteiger partial charge on any atom is 0.348 e. The summed E-state index contributed by atoms with van der Waals surface area (Å²) in [5, 5.41) is 12.1. The maximum atomic E-state index is 12.2. The Bertz CT molecular complexity index is 934. The Kier molecular flexibility index (Phi) is 4.41. The van der Waals surface area contributed by atoms with E-state index in [1.807, 2.05) is 6.07 Å². The Morgan fingerprint density at radius 2 is 2.08 bits per heavy atom. The first-order chi connectivity index (χ1) is 11.6. The number of nitriles is 1. The monoisotopic (exact) mass is 359 g/mol. The van der Waals surface area contributed by atoms with Crippen LogP contribution >= 0.6 is 22.7 Å². The van der Waals surface area contributed by atoms with Gasteiger partial charge in [0.05, 0.1) is 18.3 Å². The lowest BCUT2D eigenvalue weighted by Crippen LogP contribution is -2.09. The number of rotatable bonds is 4. The zero-order valence-corrected chi connectivity index (χ0v) is 13.9. The van der Waals surface area contributed by atoms with Crippen molar-refractivity contribution in [2.75, 3.05) is 12.4 Å². The van der Waals surface area contributed by atoms with Crippen molar-refractivity contribution in [2.45, 2.75) is 0 Å². The fourth-order valence-electron chi connectivity index (χ4n) is 1.86. The van der Waals surface area contributed by atoms with Gasteiger partial charge in [-0.15, -0.1) is 11.3 Å². The number of esters is 1. The van der Waals surface area contributed by atoms with Gasteiger partial charge in [0.1, 0.15) is 21.5 Å². The van der Waals surface area contributed by atoms with Crippen molar-refractivity contribution in [2.24, 2.45) is 0 Å². The van der Waals surface area contributed by atoms with Crippen LogP contribution in [0.1, 0.15) is 24.2 Å². The summed E-state index contributed by atoms with van der Waals surface area (Å²) in [7, 11) is 1.27. The predicted octanol–water partition coefficient (Wildman–Crippen LogP) is 3.38. The first-order valence-electron chi connectivity index (χ1n) is 6.56. The van der Waals surface area contributed by atoms with Crippen LogP contribution in [0.3, 0.4) is 0 Å². The number of anilines is 1. The highest BCUT2D eigenvalue weighted by Crippen LogP contribution is 2.31. The van der Waals surface area contributed by atoms with E-state index < -0.39 is 11.9 Å². The van der Waals surface area contributed by atoms with Crippen LogP contribution in [0.4, 0.5) is 5.13 Å². The second-order valence-electron chi connectivity index (χ2n) is 4.40. The quantitative estimate of drug-likeness (QED) is 0.716. The first kappa shape index (κ1) is 15.9. The van der Waals surface area contributed by atoms with Crippen LogP contribution in [0, 0.1) is 11.3 Å². The number of thiazole rings is 1. The van der Waals surface area contributed by atoms with Gasteiger partial charge >= 0.3 is 5.97 Å². The Hall–Kier alpha value is -2.96. The van der Waals surface area contributed by atoms with Gasteiger partial charge in [0.15, 0.2) is 10.9 Å². The fourth-order valence-corrected chi connectivity index (χ4v) is 3.44. The molecule has 0 radical (unpaired) electrons. The second kappa shape index (κ2) is 6.66. The summed E-state index contributed by atoms with van der Waals surface area (Å²) in [6.07, 6.45) is 1.48. The average Bonchev–Trinajstić information content (AvgIpc) is 3.32. The van der Waals surface area contributed by atoms with Crippen LogP contribution in [-0.4, -0.2) is 24.0 Å². The van der Waals surface area contributed by atoms with Crippen LogP contribution in [0.5, 0.6) is 0 Å². The number of nitrogens with zero attached hydrogens (tertiary/aromatic N) is 2. The first-order valence-corrected chi connectivity index (χ1v) is 8.20. The number of hydrogen-bond donors (Lipinski definition) is 1. The lowest BCUT2D eigenvalue weighted by atomic mass is 10.3. The summed E-state index contributed by atoms with van der Waals surface area (Å²) in [6, 6.07) is 8.44. The van der Waals surface area contributed by atoms with E-state index in [0.29, 0.717) is 26.1 Å². The van der Waals surface area contributed by atoms with Crippen molar-refractivity contribution >= 4 is 39.7 Å². The van der Waals surface area contributed by atoms with Gasteiger partial charge in [-0.25, -0.2) is 9.78 Å². The van der Waals surface area contributed by atoms with E-state index >= 15 is 0 Å². The number of furan rings is 1. The van der Waals surface area contributed by atoms with Crippen molar-refractivity contribution < 1.29 is 18.7 Å². The zero-order chi connectivity index (χ0) is 17.1. The number of hydrogen-bond acceptors (Lipinski definition) is 8. The van der Waals surface area contributed by atoms with E-state index in [9.17, 15) is 14.9 Å². The Morgan fingerprint density at radius 1 is 1.29 bits per heavy atom. The van der Waals surface area contributed by atoms with Crippen molar-refractivity contribution in [3.05, 3.63) is 45.2 Å². The summed E-state index contributed by atoms with van der Waals surface area (Å²) < 4.78 is 9.84.